The highest BCUT2D eigenvalue weighted by Crippen LogP contribution is 2.23. The first kappa shape index (κ1) is 12.6. The lowest BCUT2D eigenvalue weighted by Gasteiger charge is -2.07. The molecule has 0 fully saturated rings. The minimum absolute atomic E-state index is 0.126. The zero-order valence-corrected chi connectivity index (χ0v) is 11.4. The predicted octanol–water partition coefficient (Wildman–Crippen LogP) is 2.97. The zero-order valence-electron chi connectivity index (χ0n) is 8.19. The van der Waals surface area contributed by atoms with Gasteiger partial charge in [0.15, 0.2) is 0 Å². The third-order valence-electron chi connectivity index (χ3n) is 2.11. The molecule has 0 aromatic carbocycles. The van der Waals surface area contributed by atoms with Crippen molar-refractivity contribution in [2.45, 2.75) is 19.9 Å². The van der Waals surface area contributed by atoms with Crippen LogP contribution in [-0.2, 0) is 6.54 Å². The topological polar surface area (TPSA) is 61.0 Å². The maximum absolute atomic E-state index is 10.6. The summed E-state index contributed by atoms with van der Waals surface area (Å²) in [4.78, 5) is 10.1. The van der Waals surface area contributed by atoms with Crippen LogP contribution in [0.2, 0.25) is 0 Å². The fourth-order valence-corrected chi connectivity index (χ4v) is 2.28. The molecule has 0 saturated carbocycles. The van der Waals surface area contributed by atoms with E-state index in [1.807, 2.05) is 0 Å². The maximum Gasteiger partial charge on any atom is 0.404 e. The predicted molar refractivity (Wildman–Crippen MR) is 64.2 cm³/mol. The van der Waals surface area contributed by atoms with Crippen molar-refractivity contribution in [3.63, 3.8) is 0 Å². The Hall–Kier alpha value is -0.430. The smallest absolute Gasteiger partial charge is 0.358 e. The van der Waals surface area contributed by atoms with Crippen LogP contribution in [0.15, 0.2) is 10.7 Å². The third kappa shape index (κ3) is 3.27. The van der Waals surface area contributed by atoms with Gasteiger partial charge in [0.25, 0.3) is 0 Å². The van der Waals surface area contributed by atoms with Crippen molar-refractivity contribution in [2.24, 2.45) is 5.92 Å². The van der Waals surface area contributed by atoms with Crippen molar-refractivity contribution in [3.8, 4) is 0 Å². The Morgan fingerprint density at radius 1 is 1.73 bits per heavy atom. The monoisotopic (exact) mass is 339 g/mol. The van der Waals surface area contributed by atoms with E-state index < -0.39 is 4.92 Å². The molecule has 1 atom stereocenters. The lowest BCUT2D eigenvalue weighted by Crippen LogP contribution is -2.11. The lowest BCUT2D eigenvalue weighted by molar-refractivity contribution is -0.390. The van der Waals surface area contributed by atoms with Gasteiger partial charge in [0, 0.05) is 5.33 Å². The highest BCUT2D eigenvalue weighted by molar-refractivity contribution is 9.10. The van der Waals surface area contributed by atoms with Crippen LogP contribution in [0.3, 0.4) is 0 Å². The summed E-state index contributed by atoms with van der Waals surface area (Å²) in [5, 5.41) is 15.3. The third-order valence-corrected chi connectivity index (χ3v) is 3.59. The SMILES string of the molecule is CCC(CBr)Cn1cc(Br)c([N+](=O)[O-])n1. The van der Waals surface area contributed by atoms with E-state index in [4.69, 9.17) is 0 Å². The number of alkyl halides is 1. The van der Waals surface area contributed by atoms with Crippen molar-refractivity contribution >= 4 is 37.7 Å². The van der Waals surface area contributed by atoms with E-state index in [9.17, 15) is 10.1 Å². The molecule has 0 aliphatic carbocycles. The Labute approximate surface area is 104 Å². The van der Waals surface area contributed by atoms with Crippen LogP contribution in [0, 0.1) is 16.0 Å². The summed E-state index contributed by atoms with van der Waals surface area (Å²) in [5.74, 6) is 0.316. The number of hydrogen-bond donors (Lipinski definition) is 0. The van der Waals surface area contributed by atoms with Crippen LogP contribution in [0.25, 0.3) is 0 Å². The van der Waals surface area contributed by atoms with Crippen molar-refractivity contribution < 1.29 is 4.92 Å². The van der Waals surface area contributed by atoms with E-state index in [1.54, 1.807) is 10.9 Å². The number of nitro groups is 1. The number of rotatable bonds is 5. The first-order valence-electron chi connectivity index (χ1n) is 4.51. The Bertz CT molecular complexity index is 350. The fraction of sp³-hybridized carbons (Fsp3) is 0.625. The summed E-state index contributed by atoms with van der Waals surface area (Å²) in [6.45, 7) is 2.77. The quantitative estimate of drug-likeness (QED) is 0.470. The zero-order chi connectivity index (χ0) is 11.4. The molecule has 1 unspecified atom stereocenters. The van der Waals surface area contributed by atoms with Crippen molar-refractivity contribution in [3.05, 3.63) is 20.8 Å². The van der Waals surface area contributed by atoms with Crippen LogP contribution < -0.4 is 0 Å². The summed E-state index contributed by atoms with van der Waals surface area (Å²) in [6.07, 6.45) is 2.65. The second-order valence-electron chi connectivity index (χ2n) is 3.21. The first-order chi connectivity index (χ1) is 7.08. The van der Waals surface area contributed by atoms with E-state index in [-0.39, 0.29) is 5.82 Å². The summed E-state index contributed by atoms with van der Waals surface area (Å²) in [7, 11) is 0. The fourth-order valence-electron chi connectivity index (χ4n) is 1.16. The van der Waals surface area contributed by atoms with E-state index in [2.05, 4.69) is 43.9 Å². The van der Waals surface area contributed by atoms with Crippen LogP contribution in [0.1, 0.15) is 13.3 Å². The molecule has 1 aromatic rings. The Balaban J connectivity index is 2.79. The van der Waals surface area contributed by atoms with Gasteiger partial charge in [-0.15, -0.1) is 0 Å². The van der Waals surface area contributed by atoms with Gasteiger partial charge < -0.3 is 10.1 Å². The standard InChI is InChI=1S/C8H11Br2N3O2/c1-2-6(3-9)4-12-5-7(10)8(11-12)13(14)15/h5-6H,2-4H2,1H3. The lowest BCUT2D eigenvalue weighted by atomic mass is 10.1. The van der Waals surface area contributed by atoms with Crippen LogP contribution in [-0.4, -0.2) is 20.0 Å². The second kappa shape index (κ2) is 5.60. The van der Waals surface area contributed by atoms with Gasteiger partial charge in [0.2, 0.25) is 0 Å². The number of aromatic nitrogens is 2. The molecule has 0 radical (unpaired) electrons. The van der Waals surface area contributed by atoms with Crippen LogP contribution >= 0.6 is 31.9 Å². The molecule has 1 aromatic heterocycles. The maximum atomic E-state index is 10.6. The molecule has 0 spiro atoms. The molecule has 0 saturated heterocycles. The van der Waals surface area contributed by atoms with Crippen molar-refractivity contribution in [2.75, 3.05) is 5.33 Å². The number of halogens is 2. The molecule has 0 aliphatic heterocycles. The minimum atomic E-state index is -0.490. The van der Waals surface area contributed by atoms with Crippen LogP contribution in [0.5, 0.6) is 0 Å². The van der Waals surface area contributed by atoms with Gasteiger partial charge in [-0.2, -0.15) is 4.68 Å². The summed E-state index contributed by atoms with van der Waals surface area (Å²) >= 11 is 6.52. The summed E-state index contributed by atoms with van der Waals surface area (Å²) < 4.78 is 2.04. The van der Waals surface area contributed by atoms with E-state index in [1.165, 1.54) is 0 Å². The average Bonchev–Trinajstić information content (AvgIpc) is 2.56. The van der Waals surface area contributed by atoms with Crippen molar-refractivity contribution in [1.29, 1.82) is 0 Å². The average molecular weight is 341 g/mol. The molecule has 1 rings (SSSR count). The first-order valence-corrected chi connectivity index (χ1v) is 6.43. The van der Waals surface area contributed by atoms with Gasteiger partial charge in [-0.05, 0) is 26.8 Å². The molecule has 0 bridgehead atoms. The highest BCUT2D eigenvalue weighted by atomic mass is 79.9. The summed E-state index contributed by atoms with van der Waals surface area (Å²) in [5.41, 5.74) is 0. The van der Waals surface area contributed by atoms with E-state index in [0.29, 0.717) is 16.9 Å². The number of nitrogens with zero attached hydrogens (tertiary/aromatic N) is 3. The van der Waals surface area contributed by atoms with E-state index in [0.717, 1.165) is 11.8 Å². The minimum Gasteiger partial charge on any atom is -0.358 e. The van der Waals surface area contributed by atoms with Gasteiger partial charge in [0.05, 0.1) is 17.8 Å². The van der Waals surface area contributed by atoms with Gasteiger partial charge in [-0.25, -0.2) is 0 Å². The Morgan fingerprint density at radius 2 is 2.40 bits per heavy atom. The molecule has 1 heterocycles. The van der Waals surface area contributed by atoms with Gasteiger partial charge in [-0.3, -0.25) is 0 Å². The van der Waals surface area contributed by atoms with Crippen LogP contribution in [0.4, 0.5) is 5.82 Å². The van der Waals surface area contributed by atoms with Gasteiger partial charge in [0.1, 0.15) is 4.47 Å². The normalized spacial score (nSPS) is 12.7. The Morgan fingerprint density at radius 3 is 2.80 bits per heavy atom. The van der Waals surface area contributed by atoms with E-state index >= 15 is 0 Å². The molecular formula is C8H11Br2N3O2. The second-order valence-corrected chi connectivity index (χ2v) is 4.71. The molecule has 15 heavy (non-hydrogen) atoms. The largest absolute Gasteiger partial charge is 0.404 e. The molecule has 7 heteroatoms. The molecular weight excluding hydrogens is 330 g/mol. The molecule has 0 aliphatic rings. The van der Waals surface area contributed by atoms with Gasteiger partial charge >= 0.3 is 5.82 Å². The molecule has 0 N–H and O–H groups in total. The summed E-state index contributed by atoms with van der Waals surface area (Å²) in [6, 6.07) is 0. The molecule has 5 nitrogen and oxygen atoms in total. The Kier molecular flexibility index (Phi) is 4.72. The highest BCUT2D eigenvalue weighted by Gasteiger charge is 2.19. The molecule has 0 amide bonds. The molecule has 84 valence electrons. The number of hydrogen-bond acceptors (Lipinski definition) is 3. The van der Waals surface area contributed by atoms with Crippen molar-refractivity contribution in [1.82, 2.24) is 9.78 Å². The van der Waals surface area contributed by atoms with Gasteiger partial charge in [-0.1, -0.05) is 29.3 Å².